The maximum absolute atomic E-state index is 11.8. The van der Waals surface area contributed by atoms with Gasteiger partial charge in [0, 0.05) is 12.5 Å². The second kappa shape index (κ2) is 5.29. The number of carbonyl (C=O) groups is 1. The van der Waals surface area contributed by atoms with Crippen LogP contribution in [0.15, 0.2) is 0 Å². The van der Waals surface area contributed by atoms with Gasteiger partial charge in [0.1, 0.15) is 5.60 Å². The van der Waals surface area contributed by atoms with Crippen LogP contribution >= 0.6 is 0 Å². The molecule has 1 heterocycles. The van der Waals surface area contributed by atoms with Crippen LogP contribution in [0.4, 0.5) is 4.79 Å². The van der Waals surface area contributed by atoms with Crippen molar-refractivity contribution in [1.82, 2.24) is 5.32 Å². The molecule has 1 amide bonds. The molecule has 2 N–H and O–H groups in total. The lowest BCUT2D eigenvalue weighted by atomic mass is 9.71. The molecule has 5 nitrogen and oxygen atoms in total. The summed E-state index contributed by atoms with van der Waals surface area (Å²) in [6.45, 7) is 6.03. The third-order valence-corrected chi connectivity index (χ3v) is 3.97. The molecule has 1 spiro atoms. The first-order valence-corrected chi connectivity index (χ1v) is 7.08. The number of nitrogens with one attached hydrogen (secondary N) is 1. The highest BCUT2D eigenvalue weighted by atomic mass is 16.6. The van der Waals surface area contributed by atoms with Gasteiger partial charge in [-0.2, -0.15) is 0 Å². The van der Waals surface area contributed by atoms with Gasteiger partial charge in [-0.05, 0) is 46.5 Å². The number of aliphatic hydroxyl groups excluding tert-OH is 1. The summed E-state index contributed by atoms with van der Waals surface area (Å²) in [5.74, 6) is 0.0570. The van der Waals surface area contributed by atoms with Crippen molar-refractivity contribution >= 4 is 6.09 Å². The molecule has 1 aliphatic carbocycles. The summed E-state index contributed by atoms with van der Waals surface area (Å²) in [6, 6.07) is -0.161. The lowest BCUT2D eigenvalue weighted by Gasteiger charge is -2.49. The van der Waals surface area contributed by atoms with Crippen LogP contribution in [0.25, 0.3) is 0 Å². The SMILES string of the molecule is CC(C)(C)OC(=O)NC1COC2(CCC2)CC1CO. The summed E-state index contributed by atoms with van der Waals surface area (Å²) in [5.41, 5.74) is -0.539. The van der Waals surface area contributed by atoms with Gasteiger partial charge >= 0.3 is 6.09 Å². The van der Waals surface area contributed by atoms with Gasteiger partial charge in [-0.3, -0.25) is 0 Å². The first-order chi connectivity index (χ1) is 8.84. The van der Waals surface area contributed by atoms with Crippen molar-refractivity contribution in [3.63, 3.8) is 0 Å². The Labute approximate surface area is 114 Å². The van der Waals surface area contributed by atoms with Gasteiger partial charge in [0.2, 0.25) is 0 Å². The minimum Gasteiger partial charge on any atom is -0.444 e. The van der Waals surface area contributed by atoms with Gasteiger partial charge < -0.3 is 19.9 Å². The smallest absolute Gasteiger partial charge is 0.407 e. The topological polar surface area (TPSA) is 67.8 Å². The first-order valence-electron chi connectivity index (χ1n) is 7.08. The van der Waals surface area contributed by atoms with E-state index in [9.17, 15) is 9.90 Å². The fourth-order valence-electron chi connectivity index (χ4n) is 2.81. The van der Waals surface area contributed by atoms with E-state index in [4.69, 9.17) is 9.47 Å². The van der Waals surface area contributed by atoms with Crippen LogP contribution in [-0.4, -0.2) is 41.7 Å². The summed E-state index contributed by atoms with van der Waals surface area (Å²) >= 11 is 0. The molecular formula is C14H25NO4. The van der Waals surface area contributed by atoms with Crippen LogP contribution in [0.2, 0.25) is 0 Å². The largest absolute Gasteiger partial charge is 0.444 e. The number of amides is 1. The molecule has 1 saturated heterocycles. The summed E-state index contributed by atoms with van der Waals surface area (Å²) < 4.78 is 11.1. The molecule has 5 heteroatoms. The molecule has 1 aliphatic heterocycles. The molecule has 0 bridgehead atoms. The second-order valence-electron chi connectivity index (χ2n) is 6.75. The molecule has 19 heavy (non-hydrogen) atoms. The van der Waals surface area contributed by atoms with Crippen LogP contribution in [0, 0.1) is 5.92 Å². The molecular weight excluding hydrogens is 246 g/mol. The summed E-state index contributed by atoms with van der Waals surface area (Å²) in [4.78, 5) is 11.8. The Kier molecular flexibility index (Phi) is 4.06. The van der Waals surface area contributed by atoms with Crippen LogP contribution in [0.3, 0.4) is 0 Å². The number of hydrogen-bond acceptors (Lipinski definition) is 4. The fourth-order valence-corrected chi connectivity index (χ4v) is 2.81. The quantitative estimate of drug-likeness (QED) is 0.804. The molecule has 0 aromatic rings. The molecule has 1 saturated carbocycles. The van der Waals surface area contributed by atoms with Crippen molar-refractivity contribution in [2.45, 2.75) is 63.7 Å². The maximum Gasteiger partial charge on any atom is 0.407 e. The van der Waals surface area contributed by atoms with E-state index in [0.717, 1.165) is 19.3 Å². The van der Waals surface area contributed by atoms with Crippen molar-refractivity contribution in [3.8, 4) is 0 Å². The normalized spacial score (nSPS) is 29.7. The van der Waals surface area contributed by atoms with E-state index in [0.29, 0.717) is 6.61 Å². The molecule has 0 aromatic heterocycles. The van der Waals surface area contributed by atoms with Crippen LogP contribution in [0.1, 0.15) is 46.5 Å². The number of rotatable bonds is 2. The molecule has 2 unspecified atom stereocenters. The van der Waals surface area contributed by atoms with E-state index in [1.807, 2.05) is 20.8 Å². The molecule has 2 atom stereocenters. The average molecular weight is 271 g/mol. The molecule has 0 radical (unpaired) electrons. The van der Waals surface area contributed by atoms with Crippen LogP contribution in [0.5, 0.6) is 0 Å². The zero-order chi connectivity index (χ0) is 14.1. The van der Waals surface area contributed by atoms with Crippen molar-refractivity contribution in [3.05, 3.63) is 0 Å². The third-order valence-electron chi connectivity index (χ3n) is 3.97. The van der Waals surface area contributed by atoms with E-state index < -0.39 is 11.7 Å². The molecule has 110 valence electrons. The van der Waals surface area contributed by atoms with Crippen LogP contribution in [-0.2, 0) is 9.47 Å². The third kappa shape index (κ3) is 3.60. The number of aliphatic hydroxyl groups is 1. The van der Waals surface area contributed by atoms with Gasteiger partial charge in [0.15, 0.2) is 0 Å². The fraction of sp³-hybridized carbons (Fsp3) is 0.929. The predicted molar refractivity (Wildman–Crippen MR) is 70.9 cm³/mol. The van der Waals surface area contributed by atoms with Crippen LogP contribution < -0.4 is 5.32 Å². The second-order valence-corrected chi connectivity index (χ2v) is 6.75. The van der Waals surface area contributed by atoms with Gasteiger partial charge in [0.05, 0.1) is 18.2 Å². The van der Waals surface area contributed by atoms with Gasteiger partial charge in [-0.15, -0.1) is 0 Å². The van der Waals surface area contributed by atoms with E-state index >= 15 is 0 Å². The highest BCUT2D eigenvalue weighted by Crippen LogP contribution is 2.44. The summed E-state index contributed by atoms with van der Waals surface area (Å²) in [7, 11) is 0. The summed E-state index contributed by atoms with van der Waals surface area (Å²) in [5, 5.41) is 12.3. The van der Waals surface area contributed by atoms with E-state index in [1.54, 1.807) is 0 Å². The van der Waals surface area contributed by atoms with Crippen molar-refractivity contribution in [1.29, 1.82) is 0 Å². The minimum absolute atomic E-state index is 0.0283. The van der Waals surface area contributed by atoms with Gasteiger partial charge in [-0.1, -0.05) is 0 Å². The predicted octanol–water partition coefficient (Wildman–Crippen LogP) is 1.83. The Bertz CT molecular complexity index is 333. The maximum atomic E-state index is 11.8. The molecule has 2 fully saturated rings. The van der Waals surface area contributed by atoms with E-state index in [-0.39, 0.29) is 24.2 Å². The Morgan fingerprint density at radius 1 is 1.47 bits per heavy atom. The lowest BCUT2D eigenvalue weighted by Crippen LogP contribution is -2.57. The lowest BCUT2D eigenvalue weighted by molar-refractivity contribution is -0.158. The Morgan fingerprint density at radius 2 is 2.16 bits per heavy atom. The molecule has 2 rings (SSSR count). The molecule has 0 aromatic carbocycles. The molecule has 2 aliphatic rings. The standard InChI is InChI=1S/C14H25NO4/c1-13(2,3)19-12(17)15-11-9-18-14(5-4-6-14)7-10(11)8-16/h10-11,16H,4-9H2,1-3H3,(H,15,17). The number of carbonyl (C=O) groups excluding carboxylic acids is 1. The zero-order valence-electron chi connectivity index (χ0n) is 12.1. The monoisotopic (exact) mass is 271 g/mol. The van der Waals surface area contributed by atoms with E-state index in [1.165, 1.54) is 6.42 Å². The Morgan fingerprint density at radius 3 is 2.63 bits per heavy atom. The van der Waals surface area contributed by atoms with E-state index in [2.05, 4.69) is 5.32 Å². The van der Waals surface area contributed by atoms with Crippen molar-refractivity contribution < 1.29 is 19.4 Å². The number of alkyl carbamates (subject to hydrolysis) is 1. The summed E-state index contributed by atoms with van der Waals surface area (Å²) in [6.07, 6.45) is 3.72. The number of ether oxygens (including phenoxy) is 2. The highest BCUT2D eigenvalue weighted by molar-refractivity contribution is 5.68. The van der Waals surface area contributed by atoms with Gasteiger partial charge in [0.25, 0.3) is 0 Å². The first kappa shape index (κ1) is 14.6. The highest BCUT2D eigenvalue weighted by Gasteiger charge is 2.46. The van der Waals surface area contributed by atoms with Crippen molar-refractivity contribution in [2.75, 3.05) is 13.2 Å². The van der Waals surface area contributed by atoms with Gasteiger partial charge in [-0.25, -0.2) is 4.79 Å². The zero-order valence-corrected chi connectivity index (χ0v) is 12.1. The Hall–Kier alpha value is -0.810. The Balaban J connectivity index is 1.88. The number of hydrogen-bond donors (Lipinski definition) is 2. The minimum atomic E-state index is -0.510. The average Bonchev–Trinajstić information content (AvgIpc) is 2.25. The van der Waals surface area contributed by atoms with Crippen molar-refractivity contribution in [2.24, 2.45) is 5.92 Å².